The highest BCUT2D eigenvalue weighted by Gasteiger charge is 2.25. The van der Waals surface area contributed by atoms with Crippen molar-refractivity contribution in [1.29, 1.82) is 0 Å². The highest BCUT2D eigenvalue weighted by molar-refractivity contribution is 5.96. The predicted octanol–water partition coefficient (Wildman–Crippen LogP) is 4.62. The standard InChI is InChI=1S/C21H27NO2/c1-4-5-14-24-19-12-10-18(11-13-19)21(3,22)15-20(23)17-8-6-16(2)7-9-17/h6-13H,4-5,14-15,22H2,1-3H3. The molecular formula is C21H27NO2. The average molecular weight is 325 g/mol. The molecule has 128 valence electrons. The lowest BCUT2D eigenvalue weighted by molar-refractivity contribution is 0.0955. The first-order chi connectivity index (χ1) is 11.4. The number of unbranched alkanes of at least 4 members (excludes halogenated alkanes) is 1. The zero-order valence-corrected chi connectivity index (χ0v) is 14.8. The minimum absolute atomic E-state index is 0.0586. The number of nitrogens with two attached hydrogens (primary N) is 1. The average Bonchev–Trinajstić information content (AvgIpc) is 2.56. The van der Waals surface area contributed by atoms with Crippen LogP contribution in [0.1, 0.15) is 54.6 Å². The van der Waals surface area contributed by atoms with Crippen LogP contribution in [0.15, 0.2) is 48.5 Å². The van der Waals surface area contributed by atoms with Gasteiger partial charge >= 0.3 is 0 Å². The molecule has 3 nitrogen and oxygen atoms in total. The van der Waals surface area contributed by atoms with Crippen molar-refractivity contribution in [2.75, 3.05) is 6.61 Å². The van der Waals surface area contributed by atoms with Crippen LogP contribution in [-0.2, 0) is 5.54 Å². The van der Waals surface area contributed by atoms with Gasteiger partial charge in [0.15, 0.2) is 5.78 Å². The van der Waals surface area contributed by atoms with E-state index in [9.17, 15) is 4.79 Å². The van der Waals surface area contributed by atoms with Crippen LogP contribution < -0.4 is 10.5 Å². The van der Waals surface area contributed by atoms with Gasteiger partial charge in [-0.05, 0) is 38.0 Å². The smallest absolute Gasteiger partial charge is 0.165 e. The van der Waals surface area contributed by atoms with Crippen LogP contribution in [0.25, 0.3) is 0 Å². The molecule has 24 heavy (non-hydrogen) atoms. The van der Waals surface area contributed by atoms with E-state index in [1.165, 1.54) is 0 Å². The number of aryl methyl sites for hydroxylation is 1. The summed E-state index contributed by atoms with van der Waals surface area (Å²) in [6.07, 6.45) is 2.42. The maximum absolute atomic E-state index is 12.5. The van der Waals surface area contributed by atoms with Crippen LogP contribution in [0.3, 0.4) is 0 Å². The maximum Gasteiger partial charge on any atom is 0.165 e. The van der Waals surface area contributed by atoms with Crippen molar-refractivity contribution in [2.45, 2.75) is 45.6 Å². The van der Waals surface area contributed by atoms with E-state index in [1.54, 1.807) is 0 Å². The fourth-order valence-corrected chi connectivity index (χ4v) is 2.54. The zero-order chi connectivity index (χ0) is 17.6. The largest absolute Gasteiger partial charge is 0.494 e. The van der Waals surface area contributed by atoms with Crippen molar-refractivity contribution in [3.8, 4) is 5.75 Å². The van der Waals surface area contributed by atoms with E-state index >= 15 is 0 Å². The molecule has 0 spiro atoms. The van der Waals surface area contributed by atoms with E-state index in [0.717, 1.165) is 36.3 Å². The fourth-order valence-electron chi connectivity index (χ4n) is 2.54. The molecule has 0 radical (unpaired) electrons. The molecular weight excluding hydrogens is 298 g/mol. The Morgan fingerprint density at radius 1 is 1.08 bits per heavy atom. The number of Topliss-reactive ketones (excluding diaryl/α,β-unsaturated/α-hetero) is 1. The molecule has 0 aliphatic rings. The third kappa shape index (κ3) is 4.93. The van der Waals surface area contributed by atoms with Gasteiger partial charge in [-0.25, -0.2) is 0 Å². The van der Waals surface area contributed by atoms with Crippen molar-refractivity contribution in [2.24, 2.45) is 5.73 Å². The molecule has 3 heteroatoms. The Labute approximate surface area is 144 Å². The topological polar surface area (TPSA) is 52.3 Å². The minimum atomic E-state index is -0.704. The lowest BCUT2D eigenvalue weighted by Crippen LogP contribution is -2.35. The molecule has 0 aliphatic carbocycles. The van der Waals surface area contributed by atoms with Crippen LogP contribution in [-0.4, -0.2) is 12.4 Å². The second kappa shape index (κ2) is 8.11. The highest BCUT2D eigenvalue weighted by atomic mass is 16.5. The van der Waals surface area contributed by atoms with Crippen molar-refractivity contribution in [3.63, 3.8) is 0 Å². The molecule has 0 saturated carbocycles. The number of benzene rings is 2. The Morgan fingerprint density at radius 3 is 2.29 bits per heavy atom. The summed E-state index contributed by atoms with van der Waals surface area (Å²) in [5.74, 6) is 0.899. The fraction of sp³-hybridized carbons (Fsp3) is 0.381. The molecule has 0 bridgehead atoms. The third-order valence-electron chi connectivity index (χ3n) is 4.18. The van der Waals surface area contributed by atoms with Crippen LogP contribution in [0.4, 0.5) is 0 Å². The predicted molar refractivity (Wildman–Crippen MR) is 98.5 cm³/mol. The van der Waals surface area contributed by atoms with E-state index < -0.39 is 5.54 Å². The van der Waals surface area contributed by atoms with Gasteiger partial charge in [-0.1, -0.05) is 55.3 Å². The van der Waals surface area contributed by atoms with Crippen LogP contribution in [0.2, 0.25) is 0 Å². The van der Waals surface area contributed by atoms with Gasteiger partial charge in [-0.3, -0.25) is 4.79 Å². The second-order valence-electron chi connectivity index (χ2n) is 6.61. The summed E-state index contributed by atoms with van der Waals surface area (Å²) in [5, 5.41) is 0. The van der Waals surface area contributed by atoms with Crippen molar-refractivity contribution in [3.05, 3.63) is 65.2 Å². The molecule has 1 atom stereocenters. The van der Waals surface area contributed by atoms with E-state index in [1.807, 2.05) is 62.4 Å². The Hall–Kier alpha value is -2.13. The lowest BCUT2D eigenvalue weighted by atomic mass is 9.86. The number of rotatable bonds is 8. The highest BCUT2D eigenvalue weighted by Crippen LogP contribution is 2.26. The summed E-state index contributed by atoms with van der Waals surface area (Å²) in [6, 6.07) is 15.4. The van der Waals surface area contributed by atoms with E-state index in [2.05, 4.69) is 6.92 Å². The quantitative estimate of drug-likeness (QED) is 0.569. The Bertz CT molecular complexity index is 657. The molecule has 0 fully saturated rings. The van der Waals surface area contributed by atoms with Gasteiger partial charge < -0.3 is 10.5 Å². The number of carbonyl (C=O) groups is 1. The molecule has 2 N–H and O–H groups in total. The lowest BCUT2D eigenvalue weighted by Gasteiger charge is -2.25. The summed E-state index contributed by atoms with van der Waals surface area (Å²) >= 11 is 0. The number of hydrogen-bond acceptors (Lipinski definition) is 3. The van der Waals surface area contributed by atoms with E-state index in [-0.39, 0.29) is 12.2 Å². The first kappa shape index (κ1) is 18.2. The van der Waals surface area contributed by atoms with Crippen molar-refractivity contribution < 1.29 is 9.53 Å². The molecule has 0 amide bonds. The minimum Gasteiger partial charge on any atom is -0.494 e. The first-order valence-electron chi connectivity index (χ1n) is 8.54. The summed E-state index contributed by atoms with van der Waals surface area (Å²) in [4.78, 5) is 12.5. The van der Waals surface area contributed by atoms with Gasteiger partial charge in [-0.2, -0.15) is 0 Å². The Kier molecular flexibility index (Phi) is 6.16. The maximum atomic E-state index is 12.5. The van der Waals surface area contributed by atoms with E-state index in [0.29, 0.717) is 5.56 Å². The third-order valence-corrected chi connectivity index (χ3v) is 4.18. The van der Waals surface area contributed by atoms with Gasteiger partial charge in [-0.15, -0.1) is 0 Å². The van der Waals surface area contributed by atoms with Gasteiger partial charge in [0, 0.05) is 17.5 Å². The summed E-state index contributed by atoms with van der Waals surface area (Å²) < 4.78 is 5.67. The van der Waals surface area contributed by atoms with E-state index in [4.69, 9.17) is 10.5 Å². The van der Waals surface area contributed by atoms with Gasteiger partial charge in [0.2, 0.25) is 0 Å². The second-order valence-corrected chi connectivity index (χ2v) is 6.61. The zero-order valence-electron chi connectivity index (χ0n) is 14.8. The summed E-state index contributed by atoms with van der Waals surface area (Å²) in [7, 11) is 0. The molecule has 2 aromatic carbocycles. The first-order valence-corrected chi connectivity index (χ1v) is 8.54. The molecule has 2 rings (SSSR count). The van der Waals surface area contributed by atoms with Crippen LogP contribution >= 0.6 is 0 Å². The van der Waals surface area contributed by atoms with Gasteiger partial charge in [0.05, 0.1) is 6.61 Å². The Balaban J connectivity index is 2.03. The number of ketones is 1. The molecule has 0 aliphatic heterocycles. The van der Waals surface area contributed by atoms with Gasteiger partial charge in [0.25, 0.3) is 0 Å². The monoisotopic (exact) mass is 325 g/mol. The number of carbonyl (C=O) groups excluding carboxylic acids is 1. The van der Waals surface area contributed by atoms with Crippen LogP contribution in [0.5, 0.6) is 5.75 Å². The molecule has 0 saturated heterocycles. The van der Waals surface area contributed by atoms with Crippen molar-refractivity contribution in [1.82, 2.24) is 0 Å². The van der Waals surface area contributed by atoms with Crippen molar-refractivity contribution >= 4 is 5.78 Å². The number of ether oxygens (including phenoxy) is 1. The molecule has 0 aromatic heterocycles. The molecule has 0 heterocycles. The summed E-state index contributed by atoms with van der Waals surface area (Å²) in [6.45, 7) is 6.76. The SMILES string of the molecule is CCCCOc1ccc(C(C)(N)CC(=O)c2ccc(C)cc2)cc1. The normalized spacial score (nSPS) is 13.3. The molecule has 1 unspecified atom stereocenters. The number of hydrogen-bond donors (Lipinski definition) is 1. The van der Waals surface area contributed by atoms with Gasteiger partial charge in [0.1, 0.15) is 5.75 Å². The summed E-state index contributed by atoms with van der Waals surface area (Å²) in [5.41, 5.74) is 8.49. The Morgan fingerprint density at radius 2 is 1.71 bits per heavy atom. The molecule has 2 aromatic rings. The van der Waals surface area contributed by atoms with Crippen LogP contribution in [0, 0.1) is 6.92 Å².